The molecule has 0 bridgehead atoms. The topological polar surface area (TPSA) is 120 Å². The van der Waals surface area contributed by atoms with Crippen molar-refractivity contribution in [2.75, 3.05) is 24.5 Å². The monoisotopic (exact) mass is 427 g/mol. The van der Waals surface area contributed by atoms with Crippen LogP contribution in [0.25, 0.3) is 0 Å². The maximum Gasteiger partial charge on any atom is 0.262 e. The maximum absolute atomic E-state index is 12.6. The number of nitrogens with two attached hydrogens (primary N) is 1. The van der Waals surface area contributed by atoms with Crippen molar-refractivity contribution in [3.05, 3.63) is 48.0 Å². The predicted octanol–water partition coefficient (Wildman–Crippen LogP) is 1.76. The highest BCUT2D eigenvalue weighted by Gasteiger charge is 2.19. The number of ether oxygens (including phenoxy) is 2. The van der Waals surface area contributed by atoms with Gasteiger partial charge in [0.1, 0.15) is 13.2 Å². The Kier molecular flexibility index (Phi) is 7.11. The molecule has 1 aliphatic rings. The van der Waals surface area contributed by atoms with E-state index in [2.05, 4.69) is 10.0 Å². The summed E-state index contributed by atoms with van der Waals surface area (Å²) in [5.74, 6) is 0.640. The second kappa shape index (κ2) is 9.13. The summed E-state index contributed by atoms with van der Waals surface area (Å²) in [5, 5.41) is 2.74. The fourth-order valence-corrected chi connectivity index (χ4v) is 3.53. The van der Waals surface area contributed by atoms with Gasteiger partial charge in [-0.05, 0) is 43.3 Å². The third-order valence-corrected chi connectivity index (χ3v) is 5.33. The zero-order valence-electron chi connectivity index (χ0n) is 15.2. The Labute approximate surface area is 169 Å². The molecule has 28 heavy (non-hydrogen) atoms. The van der Waals surface area contributed by atoms with Crippen molar-refractivity contribution in [2.24, 2.45) is 5.73 Å². The zero-order chi connectivity index (χ0) is 19.4. The van der Waals surface area contributed by atoms with Crippen LogP contribution < -0.4 is 25.2 Å². The molecule has 1 aliphatic heterocycles. The molecule has 0 aromatic heterocycles. The maximum atomic E-state index is 12.6. The minimum atomic E-state index is -3.81. The average Bonchev–Trinajstić information content (AvgIpc) is 2.67. The van der Waals surface area contributed by atoms with E-state index in [0.29, 0.717) is 42.5 Å². The molecule has 152 valence electrons. The van der Waals surface area contributed by atoms with E-state index in [9.17, 15) is 13.2 Å². The Balaban J connectivity index is 0.00000280. The Morgan fingerprint density at radius 1 is 1.11 bits per heavy atom. The molecule has 0 spiro atoms. The number of nitrogens with one attached hydrogen (secondary N) is 2. The second-order valence-corrected chi connectivity index (χ2v) is 7.78. The van der Waals surface area contributed by atoms with Gasteiger partial charge in [-0.3, -0.25) is 9.52 Å². The molecule has 0 saturated heterocycles. The molecule has 8 nitrogen and oxygen atoms in total. The summed E-state index contributed by atoms with van der Waals surface area (Å²) in [7, 11) is -3.81. The summed E-state index contributed by atoms with van der Waals surface area (Å²) >= 11 is 0. The van der Waals surface area contributed by atoms with Crippen LogP contribution in [-0.4, -0.2) is 40.1 Å². The van der Waals surface area contributed by atoms with Crippen LogP contribution in [0.4, 0.5) is 5.69 Å². The summed E-state index contributed by atoms with van der Waals surface area (Å²) in [4.78, 5) is 12.1. The molecule has 0 aliphatic carbocycles. The Hall–Kier alpha value is -2.49. The van der Waals surface area contributed by atoms with Crippen LogP contribution in [0.1, 0.15) is 17.3 Å². The van der Waals surface area contributed by atoms with Gasteiger partial charge >= 0.3 is 0 Å². The van der Waals surface area contributed by atoms with Crippen molar-refractivity contribution in [1.82, 2.24) is 5.32 Å². The van der Waals surface area contributed by atoms with E-state index in [1.807, 2.05) is 0 Å². The molecule has 1 amide bonds. The minimum Gasteiger partial charge on any atom is -0.486 e. The Morgan fingerprint density at radius 2 is 1.75 bits per heavy atom. The first-order valence-electron chi connectivity index (χ1n) is 8.42. The molecule has 2 aromatic carbocycles. The van der Waals surface area contributed by atoms with Crippen LogP contribution in [0.15, 0.2) is 47.4 Å². The molecule has 1 heterocycles. The minimum absolute atomic E-state index is 0. The van der Waals surface area contributed by atoms with E-state index in [4.69, 9.17) is 15.2 Å². The first-order chi connectivity index (χ1) is 12.9. The van der Waals surface area contributed by atoms with Gasteiger partial charge in [0.15, 0.2) is 11.5 Å². The van der Waals surface area contributed by atoms with Gasteiger partial charge in [-0.2, -0.15) is 0 Å². The van der Waals surface area contributed by atoms with Crippen molar-refractivity contribution < 1.29 is 22.7 Å². The number of fused-ring (bicyclic) bond motifs is 1. The van der Waals surface area contributed by atoms with Gasteiger partial charge in [0, 0.05) is 29.9 Å². The summed E-state index contributed by atoms with van der Waals surface area (Å²) < 4.78 is 38.5. The number of carbonyl (C=O) groups is 1. The van der Waals surface area contributed by atoms with Crippen LogP contribution >= 0.6 is 12.4 Å². The van der Waals surface area contributed by atoms with Crippen molar-refractivity contribution >= 4 is 34.0 Å². The molecular formula is C18H22ClN3O5S. The summed E-state index contributed by atoms with van der Waals surface area (Å²) in [5.41, 5.74) is 6.24. The van der Waals surface area contributed by atoms with Crippen LogP contribution in [-0.2, 0) is 10.0 Å². The SMILES string of the molecule is C[C@@H](CN)NC(=O)c1ccc(NS(=O)(=O)c2ccc3c(c2)OCCO3)cc1.Cl. The number of amides is 1. The lowest BCUT2D eigenvalue weighted by Crippen LogP contribution is -2.37. The molecule has 1 atom stereocenters. The molecule has 4 N–H and O–H groups in total. The van der Waals surface area contributed by atoms with E-state index >= 15 is 0 Å². The molecule has 0 radical (unpaired) electrons. The third kappa shape index (κ3) is 5.06. The normalized spacial score (nSPS) is 13.8. The average molecular weight is 428 g/mol. The summed E-state index contributed by atoms with van der Waals surface area (Å²) in [6, 6.07) is 10.4. The largest absolute Gasteiger partial charge is 0.486 e. The summed E-state index contributed by atoms with van der Waals surface area (Å²) in [6.45, 7) is 2.93. The third-order valence-electron chi connectivity index (χ3n) is 3.95. The number of benzene rings is 2. The standard InChI is InChI=1S/C18H21N3O5S.ClH/c1-12(11-19)20-18(22)13-2-4-14(5-3-13)21-27(23,24)15-6-7-16-17(10-15)26-9-8-25-16;/h2-7,10,12,21H,8-9,11,19H2,1H3,(H,20,22);1H/t12-;/m0./s1. The van der Waals surface area contributed by atoms with E-state index in [0.717, 1.165) is 0 Å². The highest BCUT2D eigenvalue weighted by atomic mass is 35.5. The van der Waals surface area contributed by atoms with Crippen LogP contribution in [0.3, 0.4) is 0 Å². The zero-order valence-corrected chi connectivity index (χ0v) is 16.8. The molecule has 0 fully saturated rings. The number of sulfonamides is 1. The van der Waals surface area contributed by atoms with Crippen molar-refractivity contribution in [3.8, 4) is 11.5 Å². The smallest absolute Gasteiger partial charge is 0.262 e. The van der Waals surface area contributed by atoms with Gasteiger partial charge in [0.2, 0.25) is 0 Å². The summed E-state index contributed by atoms with van der Waals surface area (Å²) in [6.07, 6.45) is 0. The Bertz CT molecular complexity index is 935. The van der Waals surface area contributed by atoms with Crippen molar-refractivity contribution in [1.29, 1.82) is 0 Å². The van der Waals surface area contributed by atoms with Crippen molar-refractivity contribution in [2.45, 2.75) is 17.9 Å². The quantitative estimate of drug-likeness (QED) is 0.646. The van der Waals surface area contributed by atoms with Crippen LogP contribution in [0.2, 0.25) is 0 Å². The highest BCUT2D eigenvalue weighted by molar-refractivity contribution is 7.92. The fourth-order valence-electron chi connectivity index (χ4n) is 2.46. The van der Waals surface area contributed by atoms with Gasteiger partial charge in [0.25, 0.3) is 15.9 Å². The fraction of sp³-hybridized carbons (Fsp3) is 0.278. The molecule has 10 heteroatoms. The van der Waals surface area contributed by atoms with Gasteiger partial charge in [-0.1, -0.05) is 0 Å². The lowest BCUT2D eigenvalue weighted by atomic mass is 10.2. The number of carbonyl (C=O) groups excluding carboxylic acids is 1. The Morgan fingerprint density at radius 3 is 2.39 bits per heavy atom. The van der Waals surface area contributed by atoms with Crippen LogP contribution in [0, 0.1) is 0 Å². The lowest BCUT2D eigenvalue weighted by Gasteiger charge is -2.19. The van der Waals surface area contributed by atoms with Crippen LogP contribution in [0.5, 0.6) is 11.5 Å². The molecule has 3 rings (SSSR count). The van der Waals surface area contributed by atoms with Gasteiger partial charge < -0.3 is 20.5 Å². The van der Waals surface area contributed by atoms with E-state index in [-0.39, 0.29) is 29.3 Å². The van der Waals surface area contributed by atoms with Gasteiger partial charge in [-0.15, -0.1) is 12.4 Å². The highest BCUT2D eigenvalue weighted by Crippen LogP contribution is 2.32. The molecule has 2 aromatic rings. The predicted molar refractivity (Wildman–Crippen MR) is 108 cm³/mol. The van der Waals surface area contributed by atoms with Crippen molar-refractivity contribution in [3.63, 3.8) is 0 Å². The molecule has 0 saturated carbocycles. The van der Waals surface area contributed by atoms with E-state index in [1.165, 1.54) is 24.3 Å². The molecular weight excluding hydrogens is 406 g/mol. The number of hydrogen-bond acceptors (Lipinski definition) is 6. The first kappa shape index (κ1) is 21.8. The lowest BCUT2D eigenvalue weighted by molar-refractivity contribution is 0.0941. The second-order valence-electron chi connectivity index (χ2n) is 6.10. The number of halogens is 1. The first-order valence-corrected chi connectivity index (χ1v) is 9.91. The number of rotatable bonds is 6. The van der Waals surface area contributed by atoms with Gasteiger partial charge in [-0.25, -0.2) is 8.42 Å². The molecule has 0 unspecified atom stereocenters. The van der Waals surface area contributed by atoms with Gasteiger partial charge in [0.05, 0.1) is 4.90 Å². The number of anilines is 1. The van der Waals surface area contributed by atoms with E-state index in [1.54, 1.807) is 25.1 Å². The van der Waals surface area contributed by atoms with E-state index < -0.39 is 10.0 Å². The number of hydrogen-bond donors (Lipinski definition) is 3.